The van der Waals surface area contributed by atoms with Crippen molar-refractivity contribution in [2.24, 2.45) is 5.92 Å². The van der Waals surface area contributed by atoms with Crippen LogP contribution in [-0.4, -0.2) is 38.2 Å². The predicted molar refractivity (Wildman–Crippen MR) is 124 cm³/mol. The SMILES string of the molecule is CC[C@H]1CCC[C@H]1n1cccc(Nc2cc(NC)n3ncc(C(=O)NC4CC4)c3n2)c1=O. The van der Waals surface area contributed by atoms with Crippen LogP contribution in [0.5, 0.6) is 0 Å². The molecular weight excluding hydrogens is 406 g/mol. The fourth-order valence-corrected chi connectivity index (χ4v) is 4.72. The van der Waals surface area contributed by atoms with E-state index < -0.39 is 0 Å². The van der Waals surface area contributed by atoms with Gasteiger partial charge in [0.05, 0.1) is 6.20 Å². The number of pyridine rings is 1. The van der Waals surface area contributed by atoms with Crippen LogP contribution in [0.15, 0.2) is 35.4 Å². The molecule has 3 aromatic heterocycles. The second kappa shape index (κ2) is 8.29. The number of hydrogen-bond acceptors (Lipinski definition) is 6. The Hall–Kier alpha value is -3.36. The molecule has 2 aliphatic rings. The van der Waals surface area contributed by atoms with Crippen LogP contribution in [0.3, 0.4) is 0 Å². The van der Waals surface area contributed by atoms with Crippen molar-refractivity contribution in [2.75, 3.05) is 17.7 Å². The Labute approximate surface area is 186 Å². The van der Waals surface area contributed by atoms with Gasteiger partial charge in [0, 0.05) is 31.4 Å². The van der Waals surface area contributed by atoms with Gasteiger partial charge in [0.1, 0.15) is 22.9 Å². The van der Waals surface area contributed by atoms with Gasteiger partial charge in [-0.25, -0.2) is 4.98 Å². The van der Waals surface area contributed by atoms with Gasteiger partial charge >= 0.3 is 0 Å². The van der Waals surface area contributed by atoms with Crippen molar-refractivity contribution in [3.63, 3.8) is 0 Å². The number of fused-ring (bicyclic) bond motifs is 1. The van der Waals surface area contributed by atoms with Crippen LogP contribution in [-0.2, 0) is 0 Å². The third-order valence-electron chi connectivity index (χ3n) is 6.62. The monoisotopic (exact) mass is 435 g/mol. The van der Waals surface area contributed by atoms with Crippen molar-refractivity contribution in [2.45, 2.75) is 57.5 Å². The highest BCUT2D eigenvalue weighted by atomic mass is 16.2. The maximum Gasteiger partial charge on any atom is 0.274 e. The Morgan fingerprint density at radius 1 is 1.25 bits per heavy atom. The van der Waals surface area contributed by atoms with Gasteiger partial charge in [-0.2, -0.15) is 9.61 Å². The molecule has 3 N–H and O–H groups in total. The first-order valence-electron chi connectivity index (χ1n) is 11.4. The number of carbonyl (C=O) groups is 1. The summed E-state index contributed by atoms with van der Waals surface area (Å²) in [6.07, 6.45) is 9.87. The number of aromatic nitrogens is 4. The van der Waals surface area contributed by atoms with E-state index >= 15 is 0 Å². The van der Waals surface area contributed by atoms with Gasteiger partial charge in [0.2, 0.25) is 0 Å². The topological polar surface area (TPSA) is 105 Å². The van der Waals surface area contributed by atoms with Gasteiger partial charge < -0.3 is 20.5 Å². The average molecular weight is 436 g/mol. The Morgan fingerprint density at radius 3 is 2.84 bits per heavy atom. The van der Waals surface area contributed by atoms with Crippen LogP contribution in [0, 0.1) is 5.92 Å². The summed E-state index contributed by atoms with van der Waals surface area (Å²) in [6, 6.07) is 5.94. The Balaban J connectivity index is 1.49. The molecule has 2 aliphatic carbocycles. The highest BCUT2D eigenvalue weighted by Gasteiger charge is 2.28. The Morgan fingerprint density at radius 2 is 2.09 bits per heavy atom. The van der Waals surface area contributed by atoms with Gasteiger partial charge in [-0.3, -0.25) is 9.59 Å². The number of amides is 1. The van der Waals surface area contributed by atoms with Gasteiger partial charge in [-0.05, 0) is 43.7 Å². The fraction of sp³-hybridized carbons (Fsp3) is 0.478. The van der Waals surface area contributed by atoms with E-state index in [1.54, 1.807) is 23.7 Å². The lowest BCUT2D eigenvalue weighted by atomic mass is 10.0. The molecule has 3 heterocycles. The van der Waals surface area contributed by atoms with Crippen LogP contribution < -0.4 is 21.5 Å². The van der Waals surface area contributed by atoms with Crippen molar-refractivity contribution in [1.29, 1.82) is 0 Å². The fourth-order valence-electron chi connectivity index (χ4n) is 4.72. The lowest BCUT2D eigenvalue weighted by Crippen LogP contribution is -2.28. The average Bonchev–Trinajstić information content (AvgIpc) is 3.31. The smallest absolute Gasteiger partial charge is 0.274 e. The van der Waals surface area contributed by atoms with Crippen molar-refractivity contribution in [3.8, 4) is 0 Å². The van der Waals surface area contributed by atoms with Gasteiger partial charge in [0.15, 0.2) is 5.65 Å². The molecule has 0 aromatic carbocycles. The zero-order chi connectivity index (χ0) is 22.2. The summed E-state index contributed by atoms with van der Waals surface area (Å²) in [5.41, 5.74) is 1.28. The number of anilines is 3. The maximum atomic E-state index is 13.3. The summed E-state index contributed by atoms with van der Waals surface area (Å²) in [4.78, 5) is 30.5. The molecule has 9 nitrogen and oxygen atoms in total. The van der Waals surface area contributed by atoms with Crippen LogP contribution in [0.1, 0.15) is 61.8 Å². The van der Waals surface area contributed by atoms with Crippen molar-refractivity contribution in [3.05, 3.63) is 46.5 Å². The quantitative estimate of drug-likeness (QED) is 0.526. The molecule has 0 bridgehead atoms. The predicted octanol–water partition coefficient (Wildman–Crippen LogP) is 3.32. The summed E-state index contributed by atoms with van der Waals surface area (Å²) >= 11 is 0. The first kappa shape index (κ1) is 20.5. The third kappa shape index (κ3) is 3.72. The highest BCUT2D eigenvalue weighted by Crippen LogP contribution is 2.37. The minimum absolute atomic E-state index is 0.0502. The molecule has 0 aliphatic heterocycles. The van der Waals surface area contributed by atoms with E-state index in [9.17, 15) is 9.59 Å². The molecule has 3 aromatic rings. The van der Waals surface area contributed by atoms with E-state index in [-0.39, 0.29) is 23.6 Å². The standard InChI is InChI=1S/C23H29N7O2/c1-3-14-6-4-8-18(14)29-11-5-7-17(23(29)32)27-19-12-20(24-2)30-21(28-19)16(13-25-30)22(31)26-15-9-10-15/h5,7,11-15,18,24H,3-4,6,8-10H2,1-2H3,(H,26,31)(H,27,28)/t14-,18+/m0/s1. The molecule has 2 saturated carbocycles. The van der Waals surface area contributed by atoms with Crippen LogP contribution in [0.2, 0.25) is 0 Å². The zero-order valence-electron chi connectivity index (χ0n) is 18.5. The number of nitrogens with zero attached hydrogens (tertiary/aromatic N) is 4. The zero-order valence-corrected chi connectivity index (χ0v) is 18.5. The summed E-state index contributed by atoms with van der Waals surface area (Å²) in [6.45, 7) is 2.19. The van der Waals surface area contributed by atoms with Crippen LogP contribution in [0.25, 0.3) is 5.65 Å². The Kier molecular flexibility index (Phi) is 5.32. The minimum Gasteiger partial charge on any atom is -0.373 e. The first-order chi connectivity index (χ1) is 15.6. The third-order valence-corrected chi connectivity index (χ3v) is 6.62. The summed E-state index contributed by atoms with van der Waals surface area (Å²) < 4.78 is 3.47. The van der Waals surface area contributed by atoms with Crippen molar-refractivity contribution < 1.29 is 4.79 Å². The molecule has 1 amide bonds. The minimum atomic E-state index is -0.178. The number of nitrogens with one attached hydrogen (secondary N) is 3. The van der Waals surface area contributed by atoms with Gasteiger partial charge in [-0.15, -0.1) is 0 Å². The van der Waals surface area contributed by atoms with Gasteiger partial charge in [-0.1, -0.05) is 19.8 Å². The molecule has 9 heteroatoms. The molecule has 0 spiro atoms. The van der Waals surface area contributed by atoms with Crippen LogP contribution >= 0.6 is 0 Å². The van der Waals surface area contributed by atoms with E-state index in [0.29, 0.717) is 34.5 Å². The van der Waals surface area contributed by atoms with Crippen molar-refractivity contribution in [1.82, 2.24) is 24.5 Å². The molecular formula is C23H29N7O2. The molecule has 0 saturated heterocycles. The normalized spacial score (nSPS) is 20.4. The van der Waals surface area contributed by atoms with E-state index in [1.807, 2.05) is 16.8 Å². The number of hydrogen-bond donors (Lipinski definition) is 3. The van der Waals surface area contributed by atoms with Crippen molar-refractivity contribution >= 4 is 28.9 Å². The van der Waals surface area contributed by atoms with Crippen LogP contribution in [0.4, 0.5) is 17.3 Å². The van der Waals surface area contributed by atoms with E-state index in [0.717, 1.165) is 32.1 Å². The molecule has 0 radical (unpaired) electrons. The summed E-state index contributed by atoms with van der Waals surface area (Å²) in [5, 5.41) is 13.6. The second-order valence-electron chi connectivity index (χ2n) is 8.74. The molecule has 2 atom stereocenters. The maximum absolute atomic E-state index is 13.3. The number of carbonyl (C=O) groups excluding carboxylic acids is 1. The highest BCUT2D eigenvalue weighted by molar-refractivity contribution is 6.00. The lowest BCUT2D eigenvalue weighted by Gasteiger charge is -2.21. The van der Waals surface area contributed by atoms with E-state index in [2.05, 4.69) is 33.0 Å². The molecule has 5 rings (SSSR count). The molecule has 32 heavy (non-hydrogen) atoms. The van der Waals surface area contributed by atoms with E-state index in [4.69, 9.17) is 0 Å². The summed E-state index contributed by atoms with van der Waals surface area (Å²) in [5.74, 6) is 1.51. The van der Waals surface area contributed by atoms with E-state index in [1.165, 1.54) is 12.6 Å². The number of rotatable bonds is 7. The Bertz CT molecular complexity index is 1210. The molecule has 0 unspecified atom stereocenters. The first-order valence-corrected chi connectivity index (χ1v) is 11.4. The summed E-state index contributed by atoms with van der Waals surface area (Å²) in [7, 11) is 1.78. The second-order valence-corrected chi connectivity index (χ2v) is 8.74. The molecule has 168 valence electrons. The van der Waals surface area contributed by atoms with Gasteiger partial charge in [0.25, 0.3) is 11.5 Å². The molecule has 2 fully saturated rings. The largest absolute Gasteiger partial charge is 0.373 e. The lowest BCUT2D eigenvalue weighted by molar-refractivity contribution is 0.0952.